The number of aromatic nitrogens is 1. The number of unbranched alkanes of at least 4 members (excludes halogenated alkanes) is 1. The molecule has 0 unspecified atom stereocenters. The van der Waals surface area contributed by atoms with Gasteiger partial charge in [-0.05, 0) is 61.4 Å². The molecule has 0 aliphatic carbocycles. The third-order valence-corrected chi connectivity index (χ3v) is 4.11. The van der Waals surface area contributed by atoms with Gasteiger partial charge in [0.15, 0.2) is 0 Å². The van der Waals surface area contributed by atoms with E-state index in [1.165, 1.54) is 10.9 Å². The lowest BCUT2D eigenvalue weighted by Gasteiger charge is -2.08. The van der Waals surface area contributed by atoms with Gasteiger partial charge in [-0.25, -0.2) is 0 Å². The van der Waals surface area contributed by atoms with Crippen LogP contribution in [0.3, 0.4) is 0 Å². The second kappa shape index (κ2) is 7.42. The van der Waals surface area contributed by atoms with Crippen molar-refractivity contribution in [2.24, 2.45) is 0 Å². The van der Waals surface area contributed by atoms with Gasteiger partial charge >= 0.3 is 0 Å². The lowest BCUT2D eigenvalue weighted by atomic mass is 10.2. The molecule has 4 heteroatoms. The second-order valence-corrected chi connectivity index (χ2v) is 5.88. The van der Waals surface area contributed by atoms with Crippen LogP contribution in [-0.4, -0.2) is 18.3 Å². The highest BCUT2D eigenvalue weighted by Crippen LogP contribution is 2.22. The van der Waals surface area contributed by atoms with Crippen molar-refractivity contribution in [2.45, 2.75) is 19.4 Å². The van der Waals surface area contributed by atoms with Crippen LogP contribution in [0.25, 0.3) is 10.9 Å². The number of halogens is 1. The zero-order chi connectivity index (χ0) is 16.1. The first kappa shape index (κ1) is 15.8. The molecule has 0 aliphatic heterocycles. The summed E-state index contributed by atoms with van der Waals surface area (Å²) in [6, 6.07) is 15.8. The molecule has 0 spiro atoms. The van der Waals surface area contributed by atoms with Gasteiger partial charge in [-0.3, -0.25) is 0 Å². The van der Waals surface area contributed by atoms with Crippen LogP contribution in [-0.2, 0) is 6.54 Å². The molecule has 0 saturated carbocycles. The maximum absolute atomic E-state index is 5.85. The summed E-state index contributed by atoms with van der Waals surface area (Å²) in [5.41, 5.74) is 1.24. The van der Waals surface area contributed by atoms with E-state index < -0.39 is 0 Å². The minimum absolute atomic E-state index is 0.717. The Balaban J connectivity index is 1.48. The molecule has 23 heavy (non-hydrogen) atoms. The predicted octanol–water partition coefficient (Wildman–Crippen LogP) is 5.16. The summed E-state index contributed by atoms with van der Waals surface area (Å²) >= 11 is 5.85. The molecule has 0 saturated heterocycles. The largest absolute Gasteiger partial charge is 0.497 e. The van der Waals surface area contributed by atoms with E-state index in [9.17, 15) is 0 Å². The smallest absolute Gasteiger partial charge is 0.119 e. The molecule has 1 heterocycles. The van der Waals surface area contributed by atoms with Crippen molar-refractivity contribution < 1.29 is 9.47 Å². The van der Waals surface area contributed by atoms with E-state index in [0.717, 1.165) is 35.9 Å². The number of benzene rings is 2. The molecule has 3 aromatic rings. The van der Waals surface area contributed by atoms with Crippen LogP contribution in [0.15, 0.2) is 54.7 Å². The lowest BCUT2D eigenvalue weighted by molar-refractivity contribution is 0.303. The van der Waals surface area contributed by atoms with Crippen molar-refractivity contribution >= 4 is 22.5 Å². The van der Waals surface area contributed by atoms with Crippen molar-refractivity contribution in [1.29, 1.82) is 0 Å². The van der Waals surface area contributed by atoms with Crippen LogP contribution >= 0.6 is 11.6 Å². The van der Waals surface area contributed by atoms with Gasteiger partial charge < -0.3 is 14.0 Å². The number of nitrogens with zero attached hydrogens (tertiary/aromatic N) is 1. The van der Waals surface area contributed by atoms with Crippen molar-refractivity contribution in [3.05, 3.63) is 59.8 Å². The first-order valence-electron chi connectivity index (χ1n) is 7.77. The summed E-state index contributed by atoms with van der Waals surface area (Å²) < 4.78 is 13.2. The predicted molar refractivity (Wildman–Crippen MR) is 94.7 cm³/mol. The third kappa shape index (κ3) is 3.99. The molecule has 2 aromatic carbocycles. The third-order valence-electron chi connectivity index (χ3n) is 3.85. The van der Waals surface area contributed by atoms with Crippen LogP contribution < -0.4 is 9.47 Å². The fraction of sp³-hybridized carbons (Fsp3) is 0.263. The molecule has 0 bridgehead atoms. The summed E-state index contributed by atoms with van der Waals surface area (Å²) in [6.07, 6.45) is 4.21. The second-order valence-electron chi connectivity index (χ2n) is 5.44. The van der Waals surface area contributed by atoms with E-state index >= 15 is 0 Å². The Morgan fingerprint density at radius 1 is 0.957 bits per heavy atom. The minimum Gasteiger partial charge on any atom is -0.497 e. The molecule has 3 rings (SSSR count). The monoisotopic (exact) mass is 329 g/mol. The van der Waals surface area contributed by atoms with Gasteiger partial charge in [0.05, 0.1) is 13.7 Å². The Bertz CT molecular complexity index is 765. The molecule has 1 aromatic heterocycles. The van der Waals surface area contributed by atoms with Gasteiger partial charge in [0.25, 0.3) is 0 Å². The molecule has 0 atom stereocenters. The SMILES string of the molecule is COc1ccc2c(ccn2CCCCOc2ccc(Cl)cc2)c1. The van der Waals surface area contributed by atoms with Crippen molar-refractivity contribution in [2.75, 3.05) is 13.7 Å². The molecule has 0 N–H and O–H groups in total. The number of aryl methyl sites for hydroxylation is 1. The zero-order valence-electron chi connectivity index (χ0n) is 13.2. The van der Waals surface area contributed by atoms with Crippen molar-refractivity contribution in [3.8, 4) is 11.5 Å². The van der Waals surface area contributed by atoms with E-state index in [2.05, 4.69) is 29.0 Å². The number of fused-ring (bicyclic) bond motifs is 1. The fourth-order valence-corrected chi connectivity index (χ4v) is 2.73. The average Bonchev–Trinajstić information content (AvgIpc) is 2.98. The Hall–Kier alpha value is -2.13. The highest BCUT2D eigenvalue weighted by molar-refractivity contribution is 6.30. The van der Waals surface area contributed by atoms with Gasteiger partial charge in [-0.2, -0.15) is 0 Å². The standard InChI is InChI=1S/C19H20ClNO2/c1-22-18-8-9-19-15(14-18)10-12-21(19)11-2-3-13-23-17-6-4-16(20)5-7-17/h4-10,12,14H,2-3,11,13H2,1H3. The zero-order valence-corrected chi connectivity index (χ0v) is 13.9. The van der Waals surface area contributed by atoms with Crippen molar-refractivity contribution in [1.82, 2.24) is 4.57 Å². The van der Waals surface area contributed by atoms with E-state index in [4.69, 9.17) is 21.1 Å². The van der Waals surface area contributed by atoms with Crippen molar-refractivity contribution in [3.63, 3.8) is 0 Å². The van der Waals surface area contributed by atoms with E-state index in [1.807, 2.05) is 30.3 Å². The van der Waals surface area contributed by atoms with Gasteiger partial charge in [0, 0.05) is 28.7 Å². The molecule has 3 nitrogen and oxygen atoms in total. The van der Waals surface area contributed by atoms with Crippen LogP contribution in [0.5, 0.6) is 11.5 Å². The highest BCUT2D eigenvalue weighted by atomic mass is 35.5. The number of methoxy groups -OCH3 is 1. The lowest BCUT2D eigenvalue weighted by Crippen LogP contribution is -2.01. The normalized spacial score (nSPS) is 10.9. The molecule has 0 aliphatic rings. The topological polar surface area (TPSA) is 23.4 Å². The van der Waals surface area contributed by atoms with E-state index in [0.29, 0.717) is 6.61 Å². The first-order valence-corrected chi connectivity index (χ1v) is 8.15. The maximum atomic E-state index is 5.85. The summed E-state index contributed by atoms with van der Waals surface area (Å²) in [7, 11) is 1.69. The Morgan fingerprint density at radius 2 is 1.74 bits per heavy atom. The number of rotatable bonds is 7. The number of ether oxygens (including phenoxy) is 2. The van der Waals surface area contributed by atoms with Crippen LogP contribution in [0, 0.1) is 0 Å². The minimum atomic E-state index is 0.717. The maximum Gasteiger partial charge on any atom is 0.119 e. The molecular weight excluding hydrogens is 310 g/mol. The van der Waals surface area contributed by atoms with Gasteiger partial charge in [0.1, 0.15) is 11.5 Å². The highest BCUT2D eigenvalue weighted by Gasteiger charge is 2.02. The molecular formula is C19H20ClNO2. The molecule has 0 amide bonds. The first-order chi connectivity index (χ1) is 11.3. The molecule has 0 radical (unpaired) electrons. The Labute approximate surface area is 141 Å². The Morgan fingerprint density at radius 3 is 2.52 bits per heavy atom. The van der Waals surface area contributed by atoms with Crippen LogP contribution in [0.2, 0.25) is 5.02 Å². The number of hydrogen-bond acceptors (Lipinski definition) is 2. The fourth-order valence-electron chi connectivity index (χ4n) is 2.61. The quantitative estimate of drug-likeness (QED) is 0.559. The summed E-state index contributed by atoms with van der Waals surface area (Å²) in [5.74, 6) is 1.76. The number of hydrogen-bond donors (Lipinski definition) is 0. The van der Waals surface area contributed by atoms with Gasteiger partial charge in [-0.15, -0.1) is 0 Å². The van der Waals surface area contributed by atoms with Crippen LogP contribution in [0.4, 0.5) is 0 Å². The van der Waals surface area contributed by atoms with Gasteiger partial charge in [-0.1, -0.05) is 11.6 Å². The Kier molecular flexibility index (Phi) is 5.09. The van der Waals surface area contributed by atoms with Crippen LogP contribution in [0.1, 0.15) is 12.8 Å². The molecule has 0 fully saturated rings. The summed E-state index contributed by atoms with van der Waals surface area (Å²) in [6.45, 7) is 1.70. The summed E-state index contributed by atoms with van der Waals surface area (Å²) in [5, 5.41) is 1.94. The molecule has 120 valence electrons. The van der Waals surface area contributed by atoms with E-state index in [1.54, 1.807) is 7.11 Å². The summed E-state index contributed by atoms with van der Waals surface area (Å²) in [4.78, 5) is 0. The average molecular weight is 330 g/mol. The van der Waals surface area contributed by atoms with Gasteiger partial charge in [0.2, 0.25) is 0 Å². The van der Waals surface area contributed by atoms with E-state index in [-0.39, 0.29) is 0 Å².